The number of aromatic nitrogens is 3. The monoisotopic (exact) mass is 464 g/mol. The molecule has 0 fully saturated rings. The molecule has 33 heavy (non-hydrogen) atoms. The third-order valence-corrected chi connectivity index (χ3v) is 5.59. The van der Waals surface area contributed by atoms with Gasteiger partial charge in [-0.05, 0) is 57.5 Å². The van der Waals surface area contributed by atoms with E-state index in [0.29, 0.717) is 52.3 Å². The summed E-state index contributed by atoms with van der Waals surface area (Å²) in [5, 5.41) is 7.98. The number of carbonyl (C=O) groups excluding carboxylic acids is 1. The van der Waals surface area contributed by atoms with Crippen LogP contribution >= 0.6 is 11.6 Å². The van der Waals surface area contributed by atoms with E-state index < -0.39 is 0 Å². The standard InChI is InChI=1S/C25H25ClN4O3/c1-5-32-21-12-11-17(13-22(21)33-6-2)23-15(3)29-30-16(4)18(14-27-24(23)30)25(31)28-20-10-8-7-9-19(20)26/h7-14H,5-6H2,1-4H3,(H,28,31). The van der Waals surface area contributed by atoms with Crippen LogP contribution in [0.5, 0.6) is 11.5 Å². The minimum Gasteiger partial charge on any atom is -0.490 e. The summed E-state index contributed by atoms with van der Waals surface area (Å²) in [5.74, 6) is 1.06. The van der Waals surface area contributed by atoms with Gasteiger partial charge in [0.05, 0.1) is 40.9 Å². The second-order valence-electron chi connectivity index (χ2n) is 7.41. The lowest BCUT2D eigenvalue weighted by Crippen LogP contribution is -2.16. The smallest absolute Gasteiger partial charge is 0.259 e. The number of ether oxygens (including phenoxy) is 2. The molecular formula is C25H25ClN4O3. The summed E-state index contributed by atoms with van der Waals surface area (Å²) < 4.78 is 13.2. The predicted octanol–water partition coefficient (Wildman–Crippen LogP) is 5.72. The van der Waals surface area contributed by atoms with Crippen LogP contribution in [0.1, 0.15) is 35.6 Å². The Balaban J connectivity index is 1.75. The van der Waals surface area contributed by atoms with Gasteiger partial charge in [0.2, 0.25) is 0 Å². The van der Waals surface area contributed by atoms with Gasteiger partial charge in [-0.25, -0.2) is 9.50 Å². The lowest BCUT2D eigenvalue weighted by atomic mass is 10.1. The molecule has 0 unspecified atom stereocenters. The third-order valence-electron chi connectivity index (χ3n) is 5.26. The first kappa shape index (κ1) is 22.6. The topological polar surface area (TPSA) is 77.8 Å². The molecular weight excluding hydrogens is 440 g/mol. The SMILES string of the molecule is CCOc1ccc(-c2c(C)nn3c(C)c(C(=O)Nc4ccccc4Cl)cnc23)cc1OCC. The molecule has 0 radical (unpaired) electrons. The number of para-hydroxylation sites is 1. The zero-order chi connectivity index (χ0) is 23.5. The molecule has 4 aromatic rings. The number of hydrogen-bond acceptors (Lipinski definition) is 5. The molecule has 0 aliphatic rings. The largest absolute Gasteiger partial charge is 0.490 e. The summed E-state index contributed by atoms with van der Waals surface area (Å²) in [5.41, 5.74) is 4.87. The van der Waals surface area contributed by atoms with Crippen LogP contribution in [0.25, 0.3) is 16.8 Å². The molecule has 0 aliphatic carbocycles. The Morgan fingerprint density at radius 1 is 1.06 bits per heavy atom. The number of fused-ring (bicyclic) bond motifs is 1. The molecule has 8 heteroatoms. The second kappa shape index (κ2) is 9.50. The van der Waals surface area contributed by atoms with E-state index in [1.54, 1.807) is 22.8 Å². The Labute approximate surface area is 197 Å². The van der Waals surface area contributed by atoms with E-state index >= 15 is 0 Å². The number of anilines is 1. The number of halogens is 1. The van der Waals surface area contributed by atoms with Gasteiger partial charge in [-0.3, -0.25) is 4.79 Å². The van der Waals surface area contributed by atoms with E-state index in [2.05, 4.69) is 15.4 Å². The van der Waals surface area contributed by atoms with Crippen LogP contribution < -0.4 is 14.8 Å². The maximum Gasteiger partial charge on any atom is 0.259 e. The Morgan fingerprint density at radius 3 is 2.52 bits per heavy atom. The molecule has 2 aromatic carbocycles. The van der Waals surface area contributed by atoms with Crippen LogP contribution in [0.3, 0.4) is 0 Å². The van der Waals surface area contributed by atoms with Crippen molar-refractivity contribution >= 4 is 28.8 Å². The van der Waals surface area contributed by atoms with Crippen molar-refractivity contribution < 1.29 is 14.3 Å². The maximum atomic E-state index is 12.9. The fourth-order valence-corrected chi connectivity index (χ4v) is 3.90. The van der Waals surface area contributed by atoms with Gasteiger partial charge in [0.1, 0.15) is 0 Å². The van der Waals surface area contributed by atoms with Crippen LogP contribution in [0.15, 0.2) is 48.7 Å². The molecule has 0 bridgehead atoms. The fourth-order valence-electron chi connectivity index (χ4n) is 3.72. The molecule has 0 atom stereocenters. The van der Waals surface area contributed by atoms with Gasteiger partial charge in [0.15, 0.2) is 17.1 Å². The molecule has 0 saturated heterocycles. The Hall–Kier alpha value is -3.58. The van der Waals surface area contributed by atoms with Gasteiger partial charge in [0.25, 0.3) is 5.91 Å². The first-order valence-electron chi connectivity index (χ1n) is 10.7. The number of rotatable bonds is 7. The molecule has 1 amide bonds. The van der Waals surface area contributed by atoms with E-state index in [1.165, 1.54) is 0 Å². The lowest BCUT2D eigenvalue weighted by molar-refractivity contribution is 0.102. The van der Waals surface area contributed by atoms with Crippen molar-refractivity contribution in [2.24, 2.45) is 0 Å². The van der Waals surface area contributed by atoms with Crippen molar-refractivity contribution in [3.63, 3.8) is 0 Å². The van der Waals surface area contributed by atoms with E-state index in [4.69, 9.17) is 21.1 Å². The van der Waals surface area contributed by atoms with Gasteiger partial charge >= 0.3 is 0 Å². The highest BCUT2D eigenvalue weighted by Crippen LogP contribution is 2.36. The molecule has 4 rings (SSSR count). The van der Waals surface area contributed by atoms with E-state index in [9.17, 15) is 4.79 Å². The van der Waals surface area contributed by atoms with E-state index in [-0.39, 0.29) is 5.91 Å². The number of amides is 1. The highest BCUT2D eigenvalue weighted by molar-refractivity contribution is 6.33. The number of aryl methyl sites for hydroxylation is 2. The highest BCUT2D eigenvalue weighted by Gasteiger charge is 2.20. The number of hydrogen-bond donors (Lipinski definition) is 1. The van der Waals surface area contributed by atoms with Gasteiger partial charge in [-0.15, -0.1) is 0 Å². The van der Waals surface area contributed by atoms with Crippen LogP contribution in [0.2, 0.25) is 5.02 Å². The second-order valence-corrected chi connectivity index (χ2v) is 7.82. The first-order chi connectivity index (χ1) is 15.9. The summed E-state index contributed by atoms with van der Waals surface area (Å²) in [7, 11) is 0. The molecule has 0 aliphatic heterocycles. The summed E-state index contributed by atoms with van der Waals surface area (Å²) in [6, 6.07) is 12.9. The molecule has 7 nitrogen and oxygen atoms in total. The molecule has 170 valence electrons. The fraction of sp³-hybridized carbons (Fsp3) is 0.240. The molecule has 1 N–H and O–H groups in total. The van der Waals surface area contributed by atoms with Crippen molar-refractivity contribution in [3.8, 4) is 22.6 Å². The Morgan fingerprint density at radius 2 is 1.79 bits per heavy atom. The summed E-state index contributed by atoms with van der Waals surface area (Å²) in [4.78, 5) is 17.5. The lowest BCUT2D eigenvalue weighted by Gasteiger charge is -2.12. The minimum absolute atomic E-state index is 0.301. The third kappa shape index (κ3) is 4.36. The Bertz CT molecular complexity index is 1330. The van der Waals surface area contributed by atoms with Gasteiger partial charge < -0.3 is 14.8 Å². The first-order valence-corrected chi connectivity index (χ1v) is 11.1. The molecule has 2 aromatic heterocycles. The Kier molecular flexibility index (Phi) is 6.51. The number of benzene rings is 2. The summed E-state index contributed by atoms with van der Waals surface area (Å²) >= 11 is 6.18. The number of carbonyl (C=O) groups is 1. The van der Waals surface area contributed by atoms with Crippen molar-refractivity contribution in [2.75, 3.05) is 18.5 Å². The predicted molar refractivity (Wildman–Crippen MR) is 130 cm³/mol. The normalized spacial score (nSPS) is 10.9. The van der Waals surface area contributed by atoms with Gasteiger partial charge in [-0.1, -0.05) is 29.8 Å². The van der Waals surface area contributed by atoms with Crippen molar-refractivity contribution in [1.29, 1.82) is 0 Å². The van der Waals surface area contributed by atoms with Crippen LogP contribution in [-0.2, 0) is 0 Å². The number of nitrogens with zero attached hydrogens (tertiary/aromatic N) is 3. The van der Waals surface area contributed by atoms with Crippen LogP contribution in [-0.4, -0.2) is 33.7 Å². The molecule has 2 heterocycles. The average molecular weight is 465 g/mol. The summed E-state index contributed by atoms with van der Waals surface area (Å²) in [6.45, 7) is 8.71. The van der Waals surface area contributed by atoms with Crippen LogP contribution in [0, 0.1) is 13.8 Å². The highest BCUT2D eigenvalue weighted by atomic mass is 35.5. The van der Waals surface area contributed by atoms with Crippen molar-refractivity contribution in [2.45, 2.75) is 27.7 Å². The van der Waals surface area contributed by atoms with E-state index in [0.717, 1.165) is 16.8 Å². The molecule has 0 spiro atoms. The zero-order valence-corrected chi connectivity index (χ0v) is 19.7. The van der Waals surface area contributed by atoms with Crippen molar-refractivity contribution in [3.05, 3.63) is 70.6 Å². The maximum absolute atomic E-state index is 12.9. The summed E-state index contributed by atoms with van der Waals surface area (Å²) in [6.07, 6.45) is 1.57. The quantitative estimate of drug-likeness (QED) is 0.378. The average Bonchev–Trinajstić information content (AvgIpc) is 3.14. The minimum atomic E-state index is -0.301. The van der Waals surface area contributed by atoms with Crippen LogP contribution in [0.4, 0.5) is 5.69 Å². The number of nitrogens with one attached hydrogen (secondary N) is 1. The zero-order valence-electron chi connectivity index (χ0n) is 19.0. The van der Waals surface area contributed by atoms with Gasteiger partial charge in [0, 0.05) is 11.8 Å². The van der Waals surface area contributed by atoms with E-state index in [1.807, 2.05) is 58.0 Å². The van der Waals surface area contributed by atoms with Gasteiger partial charge in [-0.2, -0.15) is 5.10 Å². The molecule has 0 saturated carbocycles. The van der Waals surface area contributed by atoms with Crippen molar-refractivity contribution in [1.82, 2.24) is 14.6 Å².